The van der Waals surface area contributed by atoms with Crippen LogP contribution < -0.4 is 5.73 Å². The summed E-state index contributed by atoms with van der Waals surface area (Å²) in [5.74, 6) is -0.475. The molecule has 0 bridgehead atoms. The number of aryl methyl sites for hydroxylation is 2. The second kappa shape index (κ2) is 9.65. The quantitative estimate of drug-likeness (QED) is 0.208. The van der Waals surface area contributed by atoms with Crippen molar-refractivity contribution in [1.29, 1.82) is 0 Å². The molecule has 4 rings (SSSR count). The molecule has 0 aliphatic heterocycles. The lowest BCUT2D eigenvalue weighted by Crippen LogP contribution is -2.09. The minimum Gasteiger partial charge on any atom is -0.382 e. The highest BCUT2D eigenvalue weighted by molar-refractivity contribution is 7.91. The molecule has 2 aromatic heterocycles. The van der Waals surface area contributed by atoms with Gasteiger partial charge in [0.1, 0.15) is 9.79 Å². The van der Waals surface area contributed by atoms with Gasteiger partial charge in [-0.2, -0.15) is 27.0 Å². The van der Waals surface area contributed by atoms with Gasteiger partial charge >= 0.3 is 0 Å². The summed E-state index contributed by atoms with van der Waals surface area (Å²) in [6.45, 7) is 2.87. The molecule has 0 atom stereocenters. The molecular formula is C21H21N7O8S3. The highest BCUT2D eigenvalue weighted by atomic mass is 32.2. The zero-order valence-electron chi connectivity index (χ0n) is 20.4. The highest BCUT2D eigenvalue weighted by Crippen LogP contribution is 2.36. The van der Waals surface area contributed by atoms with Crippen LogP contribution in [0, 0.1) is 13.8 Å². The van der Waals surface area contributed by atoms with Gasteiger partial charge in [0.25, 0.3) is 20.2 Å². The Morgan fingerprint density at radius 1 is 0.821 bits per heavy atom. The molecule has 206 valence electrons. The number of hydrogen-bond donors (Lipinski definition) is 3. The molecule has 0 aliphatic carbocycles. The number of aromatic nitrogens is 4. The molecule has 39 heavy (non-hydrogen) atoms. The summed E-state index contributed by atoms with van der Waals surface area (Å²) in [5, 5.41) is 16.4. The van der Waals surface area contributed by atoms with Crippen molar-refractivity contribution in [2.24, 2.45) is 10.2 Å². The van der Waals surface area contributed by atoms with Crippen LogP contribution in [0.1, 0.15) is 11.4 Å². The smallest absolute Gasteiger partial charge is 0.296 e. The highest BCUT2D eigenvalue weighted by Gasteiger charge is 2.29. The molecule has 4 aromatic rings. The van der Waals surface area contributed by atoms with Gasteiger partial charge in [-0.1, -0.05) is 18.2 Å². The first-order chi connectivity index (χ1) is 18.0. The number of nitrogen functional groups attached to an aromatic ring is 1. The van der Waals surface area contributed by atoms with Gasteiger partial charge in [-0.3, -0.25) is 9.11 Å². The van der Waals surface area contributed by atoms with Gasteiger partial charge in [-0.15, -0.1) is 10.2 Å². The molecule has 4 N–H and O–H groups in total. The van der Waals surface area contributed by atoms with Gasteiger partial charge in [0.15, 0.2) is 27.2 Å². The van der Waals surface area contributed by atoms with Crippen LogP contribution in [0.15, 0.2) is 73.4 Å². The predicted octanol–water partition coefficient (Wildman–Crippen LogP) is 2.57. The number of azo groups is 1. The fourth-order valence-corrected chi connectivity index (χ4v) is 5.94. The standard InChI is InChI=1S/C21H21N7O8S3/c1-12-18(20(22)27(25-12)14-7-5-4-6-8-14)23-24-21-19(37(3,29)30)13(2)26-28(21)16-11-15(38(31,32)33)9-10-17(16)39(34,35)36/h4-11H,22H2,1-3H3,(H,31,32,33)(H,34,35,36). The van der Waals surface area contributed by atoms with Crippen molar-refractivity contribution in [3.8, 4) is 11.4 Å². The van der Waals surface area contributed by atoms with Crippen molar-refractivity contribution >= 4 is 47.4 Å². The predicted molar refractivity (Wildman–Crippen MR) is 138 cm³/mol. The molecule has 0 radical (unpaired) electrons. The maximum Gasteiger partial charge on any atom is 0.296 e. The van der Waals surface area contributed by atoms with E-state index in [2.05, 4.69) is 20.4 Å². The number of para-hydroxylation sites is 1. The third-order valence-corrected chi connectivity index (χ3v) is 8.37. The maximum atomic E-state index is 12.7. The van der Waals surface area contributed by atoms with Crippen LogP contribution in [0.5, 0.6) is 0 Å². The van der Waals surface area contributed by atoms with Crippen LogP contribution in [0.25, 0.3) is 11.4 Å². The monoisotopic (exact) mass is 595 g/mol. The zero-order chi connectivity index (χ0) is 28.9. The molecule has 0 spiro atoms. The van der Waals surface area contributed by atoms with Crippen LogP contribution in [0.3, 0.4) is 0 Å². The van der Waals surface area contributed by atoms with Crippen LogP contribution in [-0.2, 0) is 30.1 Å². The Bertz CT molecular complexity index is 1960. The lowest BCUT2D eigenvalue weighted by Gasteiger charge is -2.10. The van der Waals surface area contributed by atoms with Crippen LogP contribution >= 0.6 is 0 Å². The molecule has 0 fully saturated rings. The maximum absolute atomic E-state index is 12.7. The average Bonchev–Trinajstić information content (AvgIpc) is 3.31. The molecule has 0 amide bonds. The molecule has 18 heteroatoms. The summed E-state index contributed by atoms with van der Waals surface area (Å²) in [6.07, 6.45) is 0.853. The van der Waals surface area contributed by atoms with Crippen LogP contribution in [0.2, 0.25) is 0 Å². The van der Waals surface area contributed by atoms with E-state index in [4.69, 9.17) is 5.73 Å². The normalized spacial score (nSPS) is 12.8. The fraction of sp³-hybridized carbons (Fsp3) is 0.143. The van der Waals surface area contributed by atoms with E-state index in [9.17, 15) is 34.4 Å². The van der Waals surface area contributed by atoms with Gasteiger partial charge in [0, 0.05) is 6.26 Å². The minimum absolute atomic E-state index is 0.0538. The number of sulfone groups is 1. The van der Waals surface area contributed by atoms with E-state index in [0.717, 1.165) is 12.3 Å². The number of benzene rings is 2. The van der Waals surface area contributed by atoms with E-state index in [1.165, 1.54) is 11.6 Å². The van der Waals surface area contributed by atoms with E-state index < -0.39 is 56.3 Å². The molecule has 2 heterocycles. The first-order valence-electron chi connectivity index (χ1n) is 10.7. The number of anilines is 1. The Hall–Kier alpha value is -3.97. The lowest BCUT2D eigenvalue weighted by atomic mass is 10.3. The molecule has 0 aliphatic rings. The van der Waals surface area contributed by atoms with Crippen molar-refractivity contribution in [3.63, 3.8) is 0 Å². The van der Waals surface area contributed by atoms with Gasteiger partial charge in [0.05, 0.1) is 27.7 Å². The lowest BCUT2D eigenvalue weighted by molar-refractivity contribution is 0.477. The van der Waals surface area contributed by atoms with E-state index >= 15 is 0 Å². The van der Waals surface area contributed by atoms with Gasteiger partial charge in [-0.05, 0) is 44.2 Å². The first-order valence-corrected chi connectivity index (χ1v) is 15.5. The molecule has 0 saturated carbocycles. The minimum atomic E-state index is -5.00. The zero-order valence-corrected chi connectivity index (χ0v) is 22.9. The molecular weight excluding hydrogens is 574 g/mol. The van der Waals surface area contributed by atoms with Crippen molar-refractivity contribution in [3.05, 3.63) is 59.9 Å². The van der Waals surface area contributed by atoms with Gasteiger partial charge in [-0.25, -0.2) is 17.8 Å². The third-order valence-electron chi connectivity index (χ3n) is 5.40. The summed E-state index contributed by atoms with van der Waals surface area (Å²) in [7, 11) is -13.9. The van der Waals surface area contributed by atoms with Gasteiger partial charge in [0.2, 0.25) is 0 Å². The first kappa shape index (κ1) is 28.0. The summed E-state index contributed by atoms with van der Waals surface area (Å²) in [6, 6.07) is 10.9. The Labute approximate surface area is 223 Å². The SMILES string of the molecule is Cc1nn(-c2ccccc2)c(N)c1N=Nc1c(S(C)(=O)=O)c(C)nn1-c1cc(S(=O)(=O)O)ccc1S(=O)(=O)O. The van der Waals surface area contributed by atoms with Crippen molar-refractivity contribution in [2.45, 2.75) is 28.5 Å². The van der Waals surface area contributed by atoms with E-state index in [-0.39, 0.29) is 17.2 Å². The van der Waals surface area contributed by atoms with Crippen molar-refractivity contribution < 1.29 is 34.4 Å². The van der Waals surface area contributed by atoms with Crippen molar-refractivity contribution in [1.82, 2.24) is 19.6 Å². The summed E-state index contributed by atoms with van der Waals surface area (Å²) in [5.41, 5.74) is 6.45. The molecule has 0 saturated heterocycles. The second-order valence-corrected chi connectivity index (χ2v) is 13.0. The Morgan fingerprint density at radius 2 is 1.44 bits per heavy atom. The van der Waals surface area contributed by atoms with Gasteiger partial charge < -0.3 is 5.73 Å². The largest absolute Gasteiger partial charge is 0.382 e. The number of hydrogen-bond acceptors (Lipinski definition) is 11. The summed E-state index contributed by atoms with van der Waals surface area (Å²) >= 11 is 0. The fourth-order valence-electron chi connectivity index (χ4n) is 3.76. The summed E-state index contributed by atoms with van der Waals surface area (Å²) in [4.78, 5) is -2.07. The number of nitrogens with zero attached hydrogens (tertiary/aromatic N) is 6. The number of rotatable bonds is 7. The second-order valence-electron chi connectivity index (χ2n) is 8.27. The van der Waals surface area contributed by atoms with Crippen LogP contribution in [0.4, 0.5) is 17.3 Å². The number of nitrogens with two attached hydrogens (primary N) is 1. The molecule has 15 nitrogen and oxygen atoms in total. The van der Waals surface area contributed by atoms with Crippen molar-refractivity contribution in [2.75, 3.05) is 12.0 Å². The Balaban J connectivity index is 2.01. The van der Waals surface area contributed by atoms with E-state index in [0.29, 0.717) is 28.2 Å². The van der Waals surface area contributed by atoms with E-state index in [1.807, 2.05) is 0 Å². The summed E-state index contributed by atoms with van der Waals surface area (Å²) < 4.78 is 94.3. The topological polar surface area (TPSA) is 229 Å². The Kier molecular flexibility index (Phi) is 6.94. The van der Waals surface area contributed by atoms with Crippen LogP contribution in [-0.4, -0.2) is 60.2 Å². The Morgan fingerprint density at radius 3 is 2.00 bits per heavy atom. The molecule has 0 unspecified atom stereocenters. The molecule has 2 aromatic carbocycles. The van der Waals surface area contributed by atoms with E-state index in [1.54, 1.807) is 37.3 Å². The third kappa shape index (κ3) is 5.45. The average molecular weight is 596 g/mol.